The molecule has 0 unspecified atom stereocenters. The van der Waals surface area contributed by atoms with Gasteiger partial charge in [-0.1, -0.05) is 32.4 Å². The highest BCUT2D eigenvalue weighted by Crippen LogP contribution is 2.62. The van der Waals surface area contributed by atoms with Gasteiger partial charge in [-0.15, -0.1) is 0 Å². The van der Waals surface area contributed by atoms with Gasteiger partial charge in [0.05, 0.1) is 19.6 Å². The number of esters is 2. The standard InChI is InChI=1S/C22H36O4/c1-15(14-19(23)25-5)8-10-17-16(2)9-11-18-21(17,3)12-7-13-22(18,4)20(24)26-6/h15,17-18H,2,7-14H2,1,3-6H3/t15-,17+,18-,21-,22-/m0/s1. The molecule has 2 saturated carbocycles. The van der Waals surface area contributed by atoms with E-state index in [1.165, 1.54) is 19.8 Å². The van der Waals surface area contributed by atoms with Crippen LogP contribution in [0.15, 0.2) is 12.2 Å². The van der Waals surface area contributed by atoms with E-state index in [4.69, 9.17) is 9.47 Å². The van der Waals surface area contributed by atoms with Crippen LogP contribution in [0.1, 0.15) is 72.1 Å². The summed E-state index contributed by atoms with van der Waals surface area (Å²) in [5.74, 6) is 0.849. The predicted molar refractivity (Wildman–Crippen MR) is 102 cm³/mol. The molecule has 0 aromatic rings. The molecular weight excluding hydrogens is 328 g/mol. The Morgan fingerprint density at radius 2 is 1.92 bits per heavy atom. The van der Waals surface area contributed by atoms with Gasteiger partial charge in [-0.2, -0.15) is 0 Å². The Morgan fingerprint density at radius 1 is 1.23 bits per heavy atom. The van der Waals surface area contributed by atoms with E-state index in [2.05, 4.69) is 27.4 Å². The first-order valence-corrected chi connectivity index (χ1v) is 10.0. The first-order chi connectivity index (χ1) is 12.2. The van der Waals surface area contributed by atoms with Crippen LogP contribution >= 0.6 is 0 Å². The van der Waals surface area contributed by atoms with E-state index in [-0.39, 0.29) is 17.4 Å². The molecule has 0 bridgehead atoms. The minimum atomic E-state index is -0.391. The number of methoxy groups -OCH3 is 2. The molecule has 2 rings (SSSR count). The van der Waals surface area contributed by atoms with Gasteiger partial charge in [0.25, 0.3) is 0 Å². The van der Waals surface area contributed by atoms with Crippen molar-refractivity contribution in [2.24, 2.45) is 28.6 Å². The Bertz CT molecular complexity index is 554. The third kappa shape index (κ3) is 3.84. The summed E-state index contributed by atoms with van der Waals surface area (Å²) < 4.78 is 9.99. The van der Waals surface area contributed by atoms with E-state index in [1.807, 2.05) is 0 Å². The molecule has 26 heavy (non-hydrogen) atoms. The molecule has 0 saturated heterocycles. The summed E-state index contributed by atoms with van der Waals surface area (Å²) in [6.07, 6.45) is 7.60. The highest BCUT2D eigenvalue weighted by Gasteiger charge is 2.57. The second-order valence-corrected chi connectivity index (χ2v) is 9.03. The number of rotatable bonds is 6. The van der Waals surface area contributed by atoms with Crippen molar-refractivity contribution in [3.63, 3.8) is 0 Å². The van der Waals surface area contributed by atoms with E-state index in [0.717, 1.165) is 44.9 Å². The largest absolute Gasteiger partial charge is 0.469 e. The Morgan fingerprint density at radius 3 is 2.54 bits per heavy atom. The number of hydrogen-bond acceptors (Lipinski definition) is 4. The molecule has 2 aliphatic carbocycles. The van der Waals surface area contributed by atoms with E-state index < -0.39 is 5.41 Å². The third-order valence-electron chi connectivity index (χ3n) is 7.36. The zero-order chi connectivity index (χ0) is 19.5. The highest BCUT2D eigenvalue weighted by molar-refractivity contribution is 5.77. The lowest BCUT2D eigenvalue weighted by Gasteiger charge is -2.57. The van der Waals surface area contributed by atoms with Crippen molar-refractivity contribution >= 4 is 11.9 Å². The molecule has 4 nitrogen and oxygen atoms in total. The van der Waals surface area contributed by atoms with Crippen LogP contribution in [0.25, 0.3) is 0 Å². The van der Waals surface area contributed by atoms with Gasteiger partial charge in [-0.25, -0.2) is 0 Å². The second kappa shape index (κ2) is 8.14. The van der Waals surface area contributed by atoms with Crippen molar-refractivity contribution in [2.75, 3.05) is 14.2 Å². The van der Waals surface area contributed by atoms with Crippen molar-refractivity contribution in [1.29, 1.82) is 0 Å². The number of allylic oxidation sites excluding steroid dienone is 1. The molecule has 5 atom stereocenters. The average molecular weight is 365 g/mol. The summed E-state index contributed by atoms with van der Waals surface area (Å²) in [5, 5.41) is 0. The van der Waals surface area contributed by atoms with Crippen LogP contribution in [0.3, 0.4) is 0 Å². The van der Waals surface area contributed by atoms with Crippen molar-refractivity contribution in [2.45, 2.75) is 72.1 Å². The van der Waals surface area contributed by atoms with Gasteiger partial charge in [0.15, 0.2) is 0 Å². The smallest absolute Gasteiger partial charge is 0.311 e. The third-order valence-corrected chi connectivity index (χ3v) is 7.36. The maximum absolute atomic E-state index is 12.6. The first kappa shape index (κ1) is 21.0. The van der Waals surface area contributed by atoms with Crippen LogP contribution < -0.4 is 0 Å². The quantitative estimate of drug-likeness (QED) is 0.496. The van der Waals surface area contributed by atoms with Crippen molar-refractivity contribution in [3.8, 4) is 0 Å². The fourth-order valence-corrected chi connectivity index (χ4v) is 5.88. The van der Waals surface area contributed by atoms with E-state index in [9.17, 15) is 9.59 Å². The fourth-order valence-electron chi connectivity index (χ4n) is 5.88. The molecule has 2 aliphatic rings. The van der Waals surface area contributed by atoms with Gasteiger partial charge in [0.1, 0.15) is 0 Å². The number of hydrogen-bond donors (Lipinski definition) is 0. The molecule has 0 amide bonds. The zero-order valence-corrected chi connectivity index (χ0v) is 17.2. The van der Waals surface area contributed by atoms with Gasteiger partial charge in [0.2, 0.25) is 0 Å². The molecule has 0 heterocycles. The van der Waals surface area contributed by atoms with Crippen LogP contribution in [-0.4, -0.2) is 26.2 Å². The molecule has 0 N–H and O–H groups in total. The first-order valence-electron chi connectivity index (χ1n) is 10.0. The van der Waals surface area contributed by atoms with Gasteiger partial charge in [-0.3, -0.25) is 9.59 Å². The van der Waals surface area contributed by atoms with E-state index in [0.29, 0.717) is 24.2 Å². The van der Waals surface area contributed by atoms with Crippen LogP contribution in [0.2, 0.25) is 0 Å². The minimum Gasteiger partial charge on any atom is -0.469 e. The van der Waals surface area contributed by atoms with Crippen LogP contribution in [0.5, 0.6) is 0 Å². The number of carbonyl (C=O) groups excluding carboxylic acids is 2. The number of ether oxygens (including phenoxy) is 2. The lowest BCUT2D eigenvalue weighted by molar-refractivity contribution is -0.168. The molecule has 2 fully saturated rings. The fraction of sp³-hybridized carbons (Fsp3) is 0.818. The molecule has 148 valence electrons. The normalized spacial score (nSPS) is 35.3. The zero-order valence-electron chi connectivity index (χ0n) is 17.2. The molecule has 0 spiro atoms. The van der Waals surface area contributed by atoms with Crippen molar-refractivity contribution in [3.05, 3.63) is 12.2 Å². The lowest BCUT2D eigenvalue weighted by atomic mass is 9.46. The van der Waals surface area contributed by atoms with Crippen LogP contribution in [0, 0.1) is 28.6 Å². The Kier molecular flexibility index (Phi) is 6.57. The van der Waals surface area contributed by atoms with Crippen LogP contribution in [-0.2, 0) is 19.1 Å². The predicted octanol–water partition coefficient (Wildman–Crippen LogP) is 4.92. The lowest BCUT2D eigenvalue weighted by Crippen LogP contribution is -2.53. The second-order valence-electron chi connectivity index (χ2n) is 9.03. The monoisotopic (exact) mass is 364 g/mol. The maximum atomic E-state index is 12.6. The maximum Gasteiger partial charge on any atom is 0.311 e. The topological polar surface area (TPSA) is 52.6 Å². The van der Waals surface area contributed by atoms with Crippen molar-refractivity contribution < 1.29 is 19.1 Å². The molecule has 0 aromatic carbocycles. The highest BCUT2D eigenvalue weighted by atomic mass is 16.5. The van der Waals surface area contributed by atoms with E-state index >= 15 is 0 Å². The Hall–Kier alpha value is -1.32. The molecular formula is C22H36O4. The van der Waals surface area contributed by atoms with Crippen molar-refractivity contribution in [1.82, 2.24) is 0 Å². The van der Waals surface area contributed by atoms with Gasteiger partial charge in [-0.05, 0) is 68.6 Å². The van der Waals surface area contributed by atoms with Crippen LogP contribution in [0.4, 0.5) is 0 Å². The summed E-state index contributed by atoms with van der Waals surface area (Å²) in [6, 6.07) is 0. The summed E-state index contributed by atoms with van der Waals surface area (Å²) in [4.78, 5) is 24.1. The number of carbonyl (C=O) groups is 2. The summed E-state index contributed by atoms with van der Waals surface area (Å²) in [5.41, 5.74) is 1.02. The van der Waals surface area contributed by atoms with E-state index in [1.54, 1.807) is 0 Å². The minimum absolute atomic E-state index is 0.0567. The number of fused-ring (bicyclic) bond motifs is 1. The van der Waals surface area contributed by atoms with Gasteiger partial charge >= 0.3 is 11.9 Å². The summed E-state index contributed by atoms with van der Waals surface area (Å²) in [6.45, 7) is 11.0. The van der Waals surface area contributed by atoms with Gasteiger partial charge < -0.3 is 9.47 Å². The summed E-state index contributed by atoms with van der Waals surface area (Å²) >= 11 is 0. The Labute approximate surface area is 158 Å². The molecule has 4 heteroatoms. The average Bonchev–Trinajstić information content (AvgIpc) is 2.59. The molecule has 0 radical (unpaired) electrons. The summed E-state index contributed by atoms with van der Waals surface area (Å²) in [7, 11) is 2.95. The molecule has 0 aliphatic heterocycles. The Balaban J connectivity index is 2.17. The van der Waals surface area contributed by atoms with Gasteiger partial charge in [0, 0.05) is 6.42 Å². The molecule has 0 aromatic heterocycles. The SMILES string of the molecule is C=C1CC[C@H]2[C@@](C)(CCC[C@]2(C)C(=O)OC)[C@@H]1CC[C@H](C)CC(=O)OC.